The number of aromatic carboxylic acids is 1. The monoisotopic (exact) mass is 294 g/mol. The van der Waals surface area contributed by atoms with E-state index in [1.807, 2.05) is 0 Å². The van der Waals surface area contributed by atoms with Gasteiger partial charge in [0.2, 0.25) is 0 Å². The molecule has 0 unspecified atom stereocenters. The third kappa shape index (κ3) is 2.24. The van der Waals surface area contributed by atoms with Crippen molar-refractivity contribution in [3.05, 3.63) is 28.8 Å². The molecule has 0 amide bonds. The lowest BCUT2D eigenvalue weighted by atomic mass is 9.79. The number of carboxylic acids is 1. The Hall–Kier alpha value is -1.36. The van der Waals surface area contributed by atoms with Crippen molar-refractivity contribution in [2.45, 2.75) is 48.8 Å². The molecule has 0 aromatic heterocycles. The van der Waals surface area contributed by atoms with Gasteiger partial charge in [-0.05, 0) is 54.7 Å². The highest BCUT2D eigenvalue weighted by molar-refractivity contribution is 7.90. The molecule has 0 heterocycles. The van der Waals surface area contributed by atoms with Gasteiger partial charge in [-0.25, -0.2) is 13.2 Å². The van der Waals surface area contributed by atoms with Gasteiger partial charge in [0.1, 0.15) is 0 Å². The van der Waals surface area contributed by atoms with Gasteiger partial charge in [0, 0.05) is 6.26 Å². The molecule has 5 heteroatoms. The molecular weight excluding hydrogens is 276 g/mol. The first-order valence-corrected chi connectivity index (χ1v) is 8.89. The van der Waals surface area contributed by atoms with E-state index in [2.05, 4.69) is 0 Å². The lowest BCUT2D eigenvalue weighted by Crippen LogP contribution is -2.17. The zero-order valence-corrected chi connectivity index (χ0v) is 12.2. The molecule has 20 heavy (non-hydrogen) atoms. The van der Waals surface area contributed by atoms with Crippen molar-refractivity contribution in [2.75, 3.05) is 6.26 Å². The molecule has 0 saturated heterocycles. The smallest absolute Gasteiger partial charge is 0.336 e. The number of carboxylic acid groups (broad SMARTS) is 1. The van der Waals surface area contributed by atoms with Crippen LogP contribution in [0.1, 0.15) is 65.4 Å². The van der Waals surface area contributed by atoms with Gasteiger partial charge < -0.3 is 5.11 Å². The maximum atomic E-state index is 12.2. The Morgan fingerprint density at radius 2 is 1.80 bits per heavy atom. The summed E-state index contributed by atoms with van der Waals surface area (Å²) >= 11 is 0. The van der Waals surface area contributed by atoms with Crippen molar-refractivity contribution < 1.29 is 18.3 Å². The molecule has 0 aliphatic heterocycles. The molecule has 0 spiro atoms. The van der Waals surface area contributed by atoms with E-state index in [0.29, 0.717) is 10.5 Å². The van der Waals surface area contributed by atoms with Crippen molar-refractivity contribution in [1.29, 1.82) is 0 Å². The minimum atomic E-state index is -3.41. The SMILES string of the molecule is CS(=O)(=O)c1c(C2CCC2)ccc(C(=O)O)c1C1CC1. The summed E-state index contributed by atoms with van der Waals surface area (Å²) in [6.07, 6.45) is 6.08. The van der Waals surface area contributed by atoms with E-state index in [1.54, 1.807) is 12.1 Å². The molecule has 2 saturated carbocycles. The summed E-state index contributed by atoms with van der Waals surface area (Å²) in [5, 5.41) is 9.34. The Balaban J connectivity index is 2.27. The first-order chi connectivity index (χ1) is 9.39. The predicted molar refractivity (Wildman–Crippen MR) is 75.1 cm³/mol. The Labute approximate surface area is 118 Å². The summed E-state index contributed by atoms with van der Waals surface area (Å²) in [6.45, 7) is 0. The molecule has 2 aliphatic carbocycles. The minimum Gasteiger partial charge on any atom is -0.478 e. The van der Waals surface area contributed by atoms with E-state index >= 15 is 0 Å². The van der Waals surface area contributed by atoms with Crippen LogP contribution in [0.3, 0.4) is 0 Å². The third-order valence-electron chi connectivity index (χ3n) is 4.36. The van der Waals surface area contributed by atoms with E-state index < -0.39 is 15.8 Å². The molecule has 108 valence electrons. The molecule has 2 fully saturated rings. The summed E-state index contributed by atoms with van der Waals surface area (Å²) in [7, 11) is -3.41. The topological polar surface area (TPSA) is 71.4 Å². The van der Waals surface area contributed by atoms with E-state index in [-0.39, 0.29) is 17.4 Å². The highest BCUT2D eigenvalue weighted by atomic mass is 32.2. The number of sulfone groups is 1. The summed E-state index contributed by atoms with van der Waals surface area (Å²) in [5.41, 5.74) is 1.56. The van der Waals surface area contributed by atoms with E-state index in [1.165, 1.54) is 6.26 Å². The van der Waals surface area contributed by atoms with Crippen molar-refractivity contribution in [1.82, 2.24) is 0 Å². The van der Waals surface area contributed by atoms with Crippen molar-refractivity contribution >= 4 is 15.8 Å². The van der Waals surface area contributed by atoms with Gasteiger partial charge in [0.05, 0.1) is 10.5 Å². The van der Waals surface area contributed by atoms with E-state index in [4.69, 9.17) is 0 Å². The lowest BCUT2D eigenvalue weighted by molar-refractivity contribution is 0.0695. The van der Waals surface area contributed by atoms with Crippen LogP contribution in [-0.4, -0.2) is 25.7 Å². The molecule has 1 N–H and O–H groups in total. The molecule has 0 atom stereocenters. The normalized spacial score (nSPS) is 19.6. The van der Waals surface area contributed by atoms with Crippen LogP contribution in [0.15, 0.2) is 17.0 Å². The standard InChI is InChI=1S/C15H18O4S/c1-20(18,19)14-11(9-3-2-4-9)7-8-12(15(16)17)13(14)10-5-6-10/h7-10H,2-6H2,1H3,(H,16,17). The first-order valence-electron chi connectivity index (χ1n) is 6.99. The second kappa shape index (κ2) is 4.58. The molecule has 0 bridgehead atoms. The number of rotatable bonds is 4. The van der Waals surface area contributed by atoms with Crippen LogP contribution in [0.2, 0.25) is 0 Å². The van der Waals surface area contributed by atoms with Gasteiger partial charge in [-0.3, -0.25) is 0 Å². The van der Waals surface area contributed by atoms with E-state index in [0.717, 1.165) is 37.7 Å². The van der Waals surface area contributed by atoms with Crippen LogP contribution < -0.4 is 0 Å². The van der Waals surface area contributed by atoms with Gasteiger partial charge in [-0.15, -0.1) is 0 Å². The molecule has 1 aromatic rings. The summed E-state index contributed by atoms with van der Waals surface area (Å²) in [5.74, 6) is -0.650. The molecular formula is C15H18O4S. The number of hydrogen-bond donors (Lipinski definition) is 1. The van der Waals surface area contributed by atoms with Crippen LogP contribution in [-0.2, 0) is 9.84 Å². The van der Waals surface area contributed by atoms with Gasteiger partial charge in [-0.2, -0.15) is 0 Å². The zero-order chi connectivity index (χ0) is 14.5. The van der Waals surface area contributed by atoms with Crippen LogP contribution in [0.4, 0.5) is 0 Å². The van der Waals surface area contributed by atoms with Crippen molar-refractivity contribution in [2.24, 2.45) is 0 Å². The number of hydrogen-bond acceptors (Lipinski definition) is 3. The molecule has 2 aliphatic rings. The second-order valence-corrected chi connectivity index (χ2v) is 7.88. The highest BCUT2D eigenvalue weighted by Crippen LogP contribution is 2.48. The van der Waals surface area contributed by atoms with Crippen molar-refractivity contribution in [3.8, 4) is 0 Å². The van der Waals surface area contributed by atoms with Gasteiger partial charge >= 0.3 is 5.97 Å². The van der Waals surface area contributed by atoms with Crippen molar-refractivity contribution in [3.63, 3.8) is 0 Å². The Bertz CT molecular complexity index is 667. The maximum Gasteiger partial charge on any atom is 0.336 e. The van der Waals surface area contributed by atoms with Crippen LogP contribution in [0.5, 0.6) is 0 Å². The fourth-order valence-corrected chi connectivity index (χ4v) is 4.37. The molecule has 0 radical (unpaired) electrons. The largest absolute Gasteiger partial charge is 0.478 e. The van der Waals surface area contributed by atoms with Crippen LogP contribution >= 0.6 is 0 Å². The van der Waals surface area contributed by atoms with Gasteiger partial charge in [0.15, 0.2) is 9.84 Å². The quantitative estimate of drug-likeness (QED) is 0.926. The van der Waals surface area contributed by atoms with Crippen LogP contribution in [0, 0.1) is 0 Å². The minimum absolute atomic E-state index is 0.103. The first kappa shape index (κ1) is 13.6. The third-order valence-corrected chi connectivity index (χ3v) is 5.56. The number of carbonyl (C=O) groups is 1. The predicted octanol–water partition coefficient (Wildman–Crippen LogP) is 2.93. The summed E-state index contributed by atoms with van der Waals surface area (Å²) in [4.78, 5) is 11.7. The van der Waals surface area contributed by atoms with Crippen LogP contribution in [0.25, 0.3) is 0 Å². The van der Waals surface area contributed by atoms with Gasteiger partial charge in [-0.1, -0.05) is 12.5 Å². The average molecular weight is 294 g/mol. The Morgan fingerprint density at radius 3 is 2.20 bits per heavy atom. The zero-order valence-electron chi connectivity index (χ0n) is 11.4. The lowest BCUT2D eigenvalue weighted by Gasteiger charge is -2.29. The molecule has 1 aromatic carbocycles. The van der Waals surface area contributed by atoms with Gasteiger partial charge in [0.25, 0.3) is 0 Å². The highest BCUT2D eigenvalue weighted by Gasteiger charge is 2.37. The maximum absolute atomic E-state index is 12.2. The Morgan fingerprint density at radius 1 is 1.15 bits per heavy atom. The summed E-state index contributed by atoms with van der Waals surface area (Å²) < 4.78 is 24.5. The fourth-order valence-electron chi connectivity index (χ4n) is 3.03. The molecule has 3 rings (SSSR count). The Kier molecular flexibility index (Phi) is 3.12. The number of benzene rings is 1. The average Bonchev–Trinajstić information content (AvgIpc) is 3.07. The second-order valence-electron chi connectivity index (χ2n) is 5.92. The van der Waals surface area contributed by atoms with E-state index in [9.17, 15) is 18.3 Å². The fraction of sp³-hybridized carbons (Fsp3) is 0.533. The summed E-state index contributed by atoms with van der Waals surface area (Å²) in [6, 6.07) is 3.31. The molecule has 4 nitrogen and oxygen atoms in total.